The third kappa shape index (κ3) is 9.00. The van der Waals surface area contributed by atoms with Crippen LogP contribution in [0.15, 0.2) is 52.9 Å². The van der Waals surface area contributed by atoms with Crippen LogP contribution in [0.5, 0.6) is 5.75 Å². The van der Waals surface area contributed by atoms with Gasteiger partial charge in [0.05, 0.1) is 44.3 Å². The van der Waals surface area contributed by atoms with Crippen molar-refractivity contribution in [3.05, 3.63) is 70.3 Å². The van der Waals surface area contributed by atoms with Gasteiger partial charge >= 0.3 is 0 Å². The lowest BCUT2D eigenvalue weighted by atomic mass is 9.70. The number of amides is 1. The minimum absolute atomic E-state index is 0.0775. The van der Waals surface area contributed by atoms with E-state index < -0.39 is 16.5 Å². The lowest BCUT2D eigenvalue weighted by Gasteiger charge is -2.43. The number of halogens is 1. The SMILES string of the molecule is CO[C@H]1/C=C/[C@H](OCCN2CCOCC2)[C@H](C)C/[SH](=O)=N\C(=O)c2ccc3c(c2)N(Cc2ccc(Cl)cc2CCCCO3)C[C@@H]2CC[C@@H]21. The normalized spacial score (nSPS) is 30.0. The van der Waals surface area contributed by atoms with Crippen LogP contribution in [0.3, 0.4) is 0 Å². The van der Waals surface area contributed by atoms with E-state index in [0.717, 1.165) is 88.0 Å². The van der Waals surface area contributed by atoms with E-state index >= 15 is 0 Å². The first-order valence-corrected chi connectivity index (χ1v) is 19.3. The molecule has 0 N–H and O–H groups in total. The highest BCUT2D eigenvalue weighted by Crippen LogP contribution is 2.42. The molecule has 6 atom stereocenters. The monoisotopic (exact) mass is 699 g/mol. The van der Waals surface area contributed by atoms with Crippen molar-refractivity contribution in [2.75, 3.05) is 70.4 Å². The Morgan fingerprint density at radius 3 is 2.65 bits per heavy atom. The number of fused-ring (bicyclic) bond motifs is 3. The minimum atomic E-state index is -2.15. The summed E-state index contributed by atoms with van der Waals surface area (Å²) in [5.41, 5.74) is 3.73. The molecular formula is C37H50ClN3O6S. The molecule has 0 aromatic heterocycles. The molecular weight excluding hydrogens is 650 g/mol. The van der Waals surface area contributed by atoms with Gasteiger partial charge in [0.2, 0.25) is 0 Å². The fourth-order valence-electron chi connectivity index (χ4n) is 7.31. The van der Waals surface area contributed by atoms with Crippen LogP contribution in [-0.2, 0) is 37.8 Å². The fraction of sp³-hybridized carbons (Fsp3) is 0.595. The van der Waals surface area contributed by atoms with E-state index in [4.69, 9.17) is 30.5 Å². The first kappa shape index (κ1) is 35.4. The topological polar surface area (TPSA) is 89.9 Å². The molecule has 0 spiro atoms. The van der Waals surface area contributed by atoms with Gasteiger partial charge in [0.15, 0.2) is 0 Å². The predicted molar refractivity (Wildman–Crippen MR) is 191 cm³/mol. The number of carbonyl (C=O) groups excluding carboxylic acids is 1. The van der Waals surface area contributed by atoms with Crippen molar-refractivity contribution >= 4 is 33.8 Å². The van der Waals surface area contributed by atoms with E-state index in [1.165, 1.54) is 11.1 Å². The van der Waals surface area contributed by atoms with Crippen LogP contribution in [0.2, 0.25) is 5.02 Å². The molecule has 3 heterocycles. The van der Waals surface area contributed by atoms with Crippen molar-refractivity contribution in [3.8, 4) is 5.75 Å². The Morgan fingerprint density at radius 2 is 1.85 bits per heavy atom. The second-order valence-electron chi connectivity index (χ2n) is 13.6. The van der Waals surface area contributed by atoms with E-state index in [1.807, 2.05) is 25.1 Å². The zero-order chi connectivity index (χ0) is 33.5. The van der Waals surface area contributed by atoms with Crippen LogP contribution in [0.25, 0.3) is 0 Å². The van der Waals surface area contributed by atoms with Crippen molar-refractivity contribution in [2.24, 2.45) is 22.1 Å². The number of aryl methyl sites for hydroxylation is 1. The van der Waals surface area contributed by atoms with Gasteiger partial charge in [-0.15, -0.1) is 0 Å². The van der Waals surface area contributed by atoms with Gasteiger partial charge in [-0.05, 0) is 91.3 Å². The summed E-state index contributed by atoms with van der Waals surface area (Å²) in [4.78, 5) is 18.2. The number of anilines is 1. The number of rotatable bonds is 5. The van der Waals surface area contributed by atoms with Gasteiger partial charge in [-0.1, -0.05) is 36.7 Å². The zero-order valence-electron chi connectivity index (χ0n) is 28.2. The van der Waals surface area contributed by atoms with E-state index in [-0.39, 0.29) is 23.9 Å². The van der Waals surface area contributed by atoms with Gasteiger partial charge in [-0.25, -0.2) is 0 Å². The highest BCUT2D eigenvalue weighted by molar-refractivity contribution is 7.75. The number of ether oxygens (including phenoxy) is 4. The van der Waals surface area contributed by atoms with Crippen LogP contribution in [-0.4, -0.2) is 92.7 Å². The Morgan fingerprint density at radius 1 is 1.02 bits per heavy atom. The molecule has 6 rings (SSSR count). The Balaban J connectivity index is 1.33. The van der Waals surface area contributed by atoms with Crippen LogP contribution in [0, 0.1) is 17.8 Å². The summed E-state index contributed by atoms with van der Waals surface area (Å²) in [6.45, 7) is 8.65. The highest BCUT2D eigenvalue weighted by Gasteiger charge is 2.38. The van der Waals surface area contributed by atoms with E-state index in [0.29, 0.717) is 37.2 Å². The maximum Gasteiger partial charge on any atom is 0.284 e. The first-order valence-electron chi connectivity index (χ1n) is 17.5. The van der Waals surface area contributed by atoms with E-state index in [2.05, 4.69) is 38.4 Å². The second-order valence-corrected chi connectivity index (χ2v) is 15.3. The molecule has 48 heavy (non-hydrogen) atoms. The molecule has 1 saturated heterocycles. The summed E-state index contributed by atoms with van der Waals surface area (Å²) in [6.07, 6.45) is 8.86. The number of nitrogens with zero attached hydrogens (tertiary/aromatic N) is 3. The third-order valence-electron chi connectivity index (χ3n) is 10.3. The fourth-order valence-corrected chi connectivity index (χ4v) is 8.60. The number of benzene rings is 2. The molecule has 2 fully saturated rings. The Labute approximate surface area is 292 Å². The average Bonchev–Trinajstić information content (AvgIpc) is 3.10. The van der Waals surface area contributed by atoms with Gasteiger partial charge in [-0.2, -0.15) is 4.36 Å². The summed E-state index contributed by atoms with van der Waals surface area (Å²) < 4.78 is 41.9. The van der Waals surface area contributed by atoms with Crippen molar-refractivity contribution < 1.29 is 28.0 Å². The first-order chi connectivity index (χ1) is 23.4. The van der Waals surface area contributed by atoms with Gasteiger partial charge in [0.25, 0.3) is 5.91 Å². The van der Waals surface area contributed by atoms with Crippen LogP contribution in [0.1, 0.15) is 54.1 Å². The molecule has 1 saturated carbocycles. The maximum atomic E-state index is 13.5. The predicted octanol–water partition coefficient (Wildman–Crippen LogP) is 5.83. The van der Waals surface area contributed by atoms with Crippen molar-refractivity contribution in [1.29, 1.82) is 0 Å². The smallest absolute Gasteiger partial charge is 0.284 e. The quantitative estimate of drug-likeness (QED) is 0.308. The third-order valence-corrected chi connectivity index (χ3v) is 11.8. The molecule has 2 aromatic rings. The highest BCUT2D eigenvalue weighted by atomic mass is 35.5. The van der Waals surface area contributed by atoms with Crippen LogP contribution < -0.4 is 9.64 Å². The van der Waals surface area contributed by atoms with Crippen LogP contribution >= 0.6 is 11.6 Å². The zero-order valence-corrected chi connectivity index (χ0v) is 29.9. The number of hydrogen-bond donors (Lipinski definition) is 1. The molecule has 3 aliphatic heterocycles. The molecule has 1 amide bonds. The summed E-state index contributed by atoms with van der Waals surface area (Å²) in [6, 6.07) is 11.7. The summed E-state index contributed by atoms with van der Waals surface area (Å²) in [7, 11) is -0.369. The lowest BCUT2D eigenvalue weighted by Crippen LogP contribution is -2.43. The second kappa shape index (κ2) is 17.0. The molecule has 1 unspecified atom stereocenters. The number of carbonyl (C=O) groups is 1. The number of hydrogen-bond acceptors (Lipinski definition) is 8. The van der Waals surface area contributed by atoms with Crippen molar-refractivity contribution in [2.45, 2.75) is 57.8 Å². The molecule has 2 bridgehead atoms. The molecule has 262 valence electrons. The number of thiol groups is 1. The largest absolute Gasteiger partial charge is 0.491 e. The summed E-state index contributed by atoms with van der Waals surface area (Å²) in [5, 5.41) is 0.739. The Kier molecular flexibility index (Phi) is 12.5. The molecule has 0 radical (unpaired) electrons. The van der Waals surface area contributed by atoms with Gasteiger partial charge in [-0.3, -0.25) is 13.9 Å². The number of methoxy groups -OCH3 is 1. The summed E-state index contributed by atoms with van der Waals surface area (Å²) in [5.74, 6) is 1.11. The molecule has 9 nitrogen and oxygen atoms in total. The molecule has 1 aliphatic carbocycles. The maximum absolute atomic E-state index is 13.5. The lowest BCUT2D eigenvalue weighted by molar-refractivity contribution is 0.000000422. The van der Waals surface area contributed by atoms with E-state index in [1.54, 1.807) is 13.2 Å². The van der Waals surface area contributed by atoms with Crippen molar-refractivity contribution in [1.82, 2.24) is 4.90 Å². The van der Waals surface area contributed by atoms with Gasteiger partial charge < -0.3 is 23.8 Å². The van der Waals surface area contributed by atoms with E-state index in [9.17, 15) is 9.00 Å². The van der Waals surface area contributed by atoms with Crippen LogP contribution in [0.4, 0.5) is 5.69 Å². The molecule has 2 aromatic carbocycles. The Bertz CT molecular complexity index is 1520. The Hall–Kier alpha value is -2.47. The summed E-state index contributed by atoms with van der Waals surface area (Å²) >= 11 is 6.46. The van der Waals surface area contributed by atoms with Gasteiger partial charge in [0, 0.05) is 66.8 Å². The van der Waals surface area contributed by atoms with Gasteiger partial charge in [0.1, 0.15) is 5.75 Å². The standard InChI is InChI=1S/C37H50ClN3O6S/c1-26-25-48(43)39-37(42)28-8-11-36-33(22-28)41(23-29-6-9-31(38)21-27(29)5-3-4-17-46-36)24-30-7-10-32(30)35(44-2)13-12-34(26)47-20-16-40-14-18-45-19-15-40/h6,8-9,11-13,21-22,26,30,32,34-35,48H,3-5,7,10,14-20,23-25H2,1-2H3/b13-12+/t26-,30+,32+,34+,35+/m1/s1. The molecule has 11 heteroatoms. The molecule has 4 aliphatic rings. The minimum Gasteiger partial charge on any atom is -0.491 e. The average molecular weight is 700 g/mol. The number of morpholine rings is 1. The van der Waals surface area contributed by atoms with Crippen molar-refractivity contribution in [3.63, 3.8) is 0 Å².